The zero-order valence-electron chi connectivity index (χ0n) is 8.65. The third-order valence-electron chi connectivity index (χ3n) is 2.81. The van der Waals surface area contributed by atoms with Gasteiger partial charge in [-0.05, 0) is 25.7 Å². The number of alkyl halides is 2. The second-order valence-electron chi connectivity index (χ2n) is 4.20. The summed E-state index contributed by atoms with van der Waals surface area (Å²) in [5.74, 6) is -3.48. The molecule has 2 atom stereocenters. The van der Waals surface area contributed by atoms with Gasteiger partial charge in [-0.25, -0.2) is 8.78 Å². The van der Waals surface area contributed by atoms with Gasteiger partial charge in [0.15, 0.2) is 0 Å². The molecule has 0 amide bonds. The number of hydrogen-bond donors (Lipinski definition) is 1. The van der Waals surface area contributed by atoms with Crippen LogP contribution >= 0.6 is 0 Å². The normalized spacial score (nSPS) is 31.0. The van der Waals surface area contributed by atoms with E-state index in [1.807, 2.05) is 6.92 Å². The Bertz CT molecular complexity index is 213. The first-order valence-electron chi connectivity index (χ1n) is 4.93. The van der Waals surface area contributed by atoms with Crippen LogP contribution in [0.25, 0.3) is 0 Å². The van der Waals surface area contributed by atoms with Gasteiger partial charge in [-0.3, -0.25) is 0 Å². The summed E-state index contributed by atoms with van der Waals surface area (Å²) in [5, 5.41) is 7.43. The van der Waals surface area contributed by atoms with E-state index in [1.54, 1.807) is 0 Å². The largest absolute Gasteiger partial charge is 0.375 e. The maximum absolute atomic E-state index is 13.1. The average Bonchev–Trinajstić information content (AvgIpc) is 2.03. The molecule has 2 unspecified atom stereocenters. The summed E-state index contributed by atoms with van der Waals surface area (Å²) in [6.07, 6.45) is 1.24. The molecule has 1 N–H and O–H groups in total. The zero-order chi connectivity index (χ0) is 10.8. The summed E-state index contributed by atoms with van der Waals surface area (Å²) in [5.41, 5.74) is 0.509. The highest BCUT2D eigenvalue weighted by molar-refractivity contribution is 5.82. The minimum atomic E-state index is -2.68. The van der Waals surface area contributed by atoms with E-state index in [1.165, 1.54) is 0 Å². The van der Waals surface area contributed by atoms with Gasteiger partial charge < -0.3 is 10.1 Å². The zero-order valence-corrected chi connectivity index (χ0v) is 8.65. The average molecular weight is 205 g/mol. The van der Waals surface area contributed by atoms with Gasteiger partial charge in [0, 0.05) is 11.6 Å². The fourth-order valence-corrected chi connectivity index (χ4v) is 1.79. The molecule has 0 saturated carbocycles. The lowest BCUT2D eigenvalue weighted by molar-refractivity contribution is -0.0921. The van der Waals surface area contributed by atoms with E-state index in [4.69, 9.17) is 10.1 Å². The third-order valence-corrected chi connectivity index (χ3v) is 2.81. The molecule has 0 aliphatic carbocycles. The molecular weight excluding hydrogens is 188 g/mol. The third kappa shape index (κ3) is 3.01. The van der Waals surface area contributed by atoms with E-state index in [0.29, 0.717) is 18.6 Å². The number of nitrogens with one attached hydrogen (secondary N) is 1. The van der Waals surface area contributed by atoms with Gasteiger partial charge in [0.2, 0.25) is 0 Å². The molecule has 0 bridgehead atoms. The number of rotatable bonds is 1. The van der Waals surface area contributed by atoms with Crippen molar-refractivity contribution in [3.63, 3.8) is 0 Å². The lowest BCUT2D eigenvalue weighted by atomic mass is 9.85. The molecule has 1 saturated heterocycles. The van der Waals surface area contributed by atoms with Crippen LogP contribution < -0.4 is 0 Å². The van der Waals surface area contributed by atoms with Crippen molar-refractivity contribution in [3.05, 3.63) is 0 Å². The highest BCUT2D eigenvalue weighted by Crippen LogP contribution is 2.33. The Morgan fingerprint density at radius 3 is 2.71 bits per heavy atom. The van der Waals surface area contributed by atoms with Crippen molar-refractivity contribution in [3.8, 4) is 0 Å². The molecule has 0 aromatic rings. The Kier molecular flexibility index (Phi) is 3.59. The van der Waals surface area contributed by atoms with Crippen molar-refractivity contribution in [1.29, 1.82) is 5.41 Å². The second-order valence-corrected chi connectivity index (χ2v) is 4.20. The van der Waals surface area contributed by atoms with Crippen molar-refractivity contribution < 1.29 is 13.5 Å². The van der Waals surface area contributed by atoms with E-state index in [2.05, 4.69) is 0 Å². The van der Waals surface area contributed by atoms with Crippen LogP contribution in [0.1, 0.15) is 26.7 Å². The minimum absolute atomic E-state index is 0.0625. The number of halogens is 2. The standard InChI is InChI=1S/C10H17F2NO/c1-7-3-4-8(13)5-14-6-9(7)10(2,11)12/h7,9,13H,3-6H2,1-2H3. The number of ether oxygens (including phenoxy) is 1. The maximum atomic E-state index is 13.1. The summed E-state index contributed by atoms with van der Waals surface area (Å²) < 4.78 is 31.4. The Morgan fingerprint density at radius 1 is 1.50 bits per heavy atom. The molecule has 14 heavy (non-hydrogen) atoms. The van der Waals surface area contributed by atoms with E-state index in [9.17, 15) is 8.78 Å². The second kappa shape index (κ2) is 4.34. The molecule has 1 aliphatic rings. The molecule has 0 aromatic carbocycles. The predicted molar refractivity (Wildman–Crippen MR) is 51.1 cm³/mol. The fourth-order valence-electron chi connectivity index (χ4n) is 1.79. The molecule has 1 heterocycles. The first-order chi connectivity index (χ1) is 6.41. The molecular formula is C10H17F2NO. The highest BCUT2D eigenvalue weighted by atomic mass is 19.3. The Hall–Kier alpha value is -0.510. The van der Waals surface area contributed by atoms with E-state index in [0.717, 1.165) is 6.92 Å². The first-order valence-corrected chi connectivity index (χ1v) is 4.93. The van der Waals surface area contributed by atoms with Crippen LogP contribution in [0.3, 0.4) is 0 Å². The topological polar surface area (TPSA) is 33.1 Å². The Morgan fingerprint density at radius 2 is 2.14 bits per heavy atom. The lowest BCUT2D eigenvalue weighted by Crippen LogP contribution is -2.36. The van der Waals surface area contributed by atoms with Crippen molar-refractivity contribution in [1.82, 2.24) is 0 Å². The van der Waals surface area contributed by atoms with Gasteiger partial charge in [-0.1, -0.05) is 6.92 Å². The Labute approximate surface area is 83.1 Å². The van der Waals surface area contributed by atoms with Crippen LogP contribution in [-0.4, -0.2) is 24.8 Å². The fraction of sp³-hybridized carbons (Fsp3) is 0.900. The van der Waals surface area contributed by atoms with Gasteiger partial charge in [0.25, 0.3) is 5.92 Å². The van der Waals surface area contributed by atoms with Gasteiger partial charge in [-0.15, -0.1) is 0 Å². The summed E-state index contributed by atoms with van der Waals surface area (Å²) in [6, 6.07) is 0. The van der Waals surface area contributed by atoms with Gasteiger partial charge in [0.1, 0.15) is 0 Å². The van der Waals surface area contributed by atoms with Crippen molar-refractivity contribution in [2.75, 3.05) is 13.2 Å². The van der Waals surface area contributed by atoms with Crippen molar-refractivity contribution in [2.45, 2.75) is 32.6 Å². The van der Waals surface area contributed by atoms with Crippen LogP contribution in [0.5, 0.6) is 0 Å². The first kappa shape index (κ1) is 11.6. The Balaban J connectivity index is 2.62. The molecule has 1 aliphatic heterocycles. The SMILES string of the molecule is CC1CCC(=N)COCC1C(C)(F)F. The van der Waals surface area contributed by atoms with Crippen LogP contribution in [0, 0.1) is 17.2 Å². The summed E-state index contributed by atoms with van der Waals surface area (Å²) in [4.78, 5) is 0. The molecule has 0 radical (unpaired) electrons. The van der Waals surface area contributed by atoms with Crippen LogP contribution in [0.2, 0.25) is 0 Å². The molecule has 82 valence electrons. The molecule has 0 spiro atoms. The molecule has 1 rings (SSSR count). The van der Waals surface area contributed by atoms with Crippen LogP contribution in [0.15, 0.2) is 0 Å². The lowest BCUT2D eigenvalue weighted by Gasteiger charge is -2.30. The molecule has 0 aromatic heterocycles. The summed E-state index contributed by atoms with van der Waals surface area (Å²) in [7, 11) is 0. The molecule has 1 fully saturated rings. The van der Waals surface area contributed by atoms with E-state index >= 15 is 0 Å². The van der Waals surface area contributed by atoms with Gasteiger partial charge in [0.05, 0.1) is 13.2 Å². The summed E-state index contributed by atoms with van der Waals surface area (Å²) >= 11 is 0. The predicted octanol–water partition coefficient (Wildman–Crippen LogP) is 2.72. The van der Waals surface area contributed by atoms with Gasteiger partial charge >= 0.3 is 0 Å². The van der Waals surface area contributed by atoms with E-state index < -0.39 is 11.8 Å². The van der Waals surface area contributed by atoms with Crippen LogP contribution in [0.4, 0.5) is 8.78 Å². The minimum Gasteiger partial charge on any atom is -0.375 e. The van der Waals surface area contributed by atoms with Crippen LogP contribution in [-0.2, 0) is 4.74 Å². The number of hydrogen-bond acceptors (Lipinski definition) is 2. The van der Waals surface area contributed by atoms with Gasteiger partial charge in [-0.2, -0.15) is 0 Å². The smallest absolute Gasteiger partial charge is 0.250 e. The monoisotopic (exact) mass is 205 g/mol. The van der Waals surface area contributed by atoms with Crippen molar-refractivity contribution >= 4 is 5.71 Å². The quantitative estimate of drug-likeness (QED) is 0.701. The van der Waals surface area contributed by atoms with Crippen molar-refractivity contribution in [2.24, 2.45) is 11.8 Å². The summed E-state index contributed by atoms with van der Waals surface area (Å²) in [6.45, 7) is 3.03. The highest BCUT2D eigenvalue weighted by Gasteiger charge is 2.38. The maximum Gasteiger partial charge on any atom is 0.250 e. The molecule has 4 heteroatoms. The molecule has 2 nitrogen and oxygen atoms in total. The van der Waals surface area contributed by atoms with E-state index in [-0.39, 0.29) is 19.1 Å².